The zero-order chi connectivity index (χ0) is 13.5. The maximum Gasteiger partial charge on any atom is 0.189 e. The van der Waals surface area contributed by atoms with Crippen LogP contribution < -0.4 is 11.1 Å². The van der Waals surface area contributed by atoms with Gasteiger partial charge in [0.2, 0.25) is 0 Å². The molecule has 0 aliphatic rings. The normalized spacial score (nSPS) is 11.8. The summed E-state index contributed by atoms with van der Waals surface area (Å²) in [4.78, 5) is 4.21. The zero-order valence-electron chi connectivity index (χ0n) is 12.1. The monoisotopic (exact) mass is 380 g/mol. The number of nitrogens with zero attached hydrogens (tertiary/aromatic N) is 2. The summed E-state index contributed by atoms with van der Waals surface area (Å²) in [7, 11) is 0. The van der Waals surface area contributed by atoms with Crippen LogP contribution in [0.3, 0.4) is 0 Å². The van der Waals surface area contributed by atoms with Crippen molar-refractivity contribution in [2.75, 3.05) is 0 Å². The SMILES string of the molecule is CCC(CC)c1cc(CN=C(N)NC(C)C)on1.I. The molecule has 3 N–H and O–H groups in total. The van der Waals surface area contributed by atoms with Crippen LogP contribution in [0.15, 0.2) is 15.6 Å². The minimum atomic E-state index is 0. The third-order valence-electron chi connectivity index (χ3n) is 2.82. The van der Waals surface area contributed by atoms with Crippen molar-refractivity contribution in [3.63, 3.8) is 0 Å². The van der Waals surface area contributed by atoms with Crippen LogP contribution in [0.2, 0.25) is 0 Å². The second-order valence-corrected chi connectivity index (χ2v) is 4.73. The Morgan fingerprint density at radius 3 is 2.58 bits per heavy atom. The molecule has 1 rings (SSSR count). The maximum atomic E-state index is 5.72. The summed E-state index contributed by atoms with van der Waals surface area (Å²) in [6, 6.07) is 2.26. The van der Waals surface area contributed by atoms with Gasteiger partial charge in [0.1, 0.15) is 6.54 Å². The quantitative estimate of drug-likeness (QED) is 0.452. The molecule has 0 saturated carbocycles. The van der Waals surface area contributed by atoms with Crippen molar-refractivity contribution in [2.24, 2.45) is 10.7 Å². The molecule has 0 amide bonds. The molecular formula is C13H25IN4O. The number of halogens is 1. The van der Waals surface area contributed by atoms with Gasteiger partial charge < -0.3 is 15.6 Å². The topological polar surface area (TPSA) is 76.4 Å². The van der Waals surface area contributed by atoms with Gasteiger partial charge in [-0.3, -0.25) is 0 Å². The van der Waals surface area contributed by atoms with Crippen LogP contribution >= 0.6 is 24.0 Å². The first-order valence-electron chi connectivity index (χ1n) is 6.58. The number of aromatic nitrogens is 1. The highest BCUT2D eigenvalue weighted by molar-refractivity contribution is 14.0. The number of guanidine groups is 1. The van der Waals surface area contributed by atoms with E-state index in [0.29, 0.717) is 18.4 Å². The lowest BCUT2D eigenvalue weighted by atomic mass is 9.99. The highest BCUT2D eigenvalue weighted by atomic mass is 127. The van der Waals surface area contributed by atoms with Crippen LogP contribution in [-0.4, -0.2) is 17.2 Å². The van der Waals surface area contributed by atoms with Gasteiger partial charge in [-0.25, -0.2) is 4.99 Å². The standard InChI is InChI=1S/C13H24N4O.HI/c1-5-10(6-2)12-7-11(18-17-12)8-15-13(14)16-9(3)4;/h7,9-10H,5-6,8H2,1-4H3,(H3,14,15,16);1H. The van der Waals surface area contributed by atoms with E-state index in [4.69, 9.17) is 10.3 Å². The van der Waals surface area contributed by atoms with Gasteiger partial charge in [-0.2, -0.15) is 0 Å². The van der Waals surface area contributed by atoms with E-state index >= 15 is 0 Å². The first kappa shape index (κ1) is 18.2. The average Bonchev–Trinajstić information content (AvgIpc) is 2.76. The van der Waals surface area contributed by atoms with Crippen molar-refractivity contribution in [1.29, 1.82) is 0 Å². The first-order valence-corrected chi connectivity index (χ1v) is 6.58. The maximum absolute atomic E-state index is 5.72. The molecule has 19 heavy (non-hydrogen) atoms. The molecule has 1 aromatic heterocycles. The van der Waals surface area contributed by atoms with Crippen LogP contribution in [0.25, 0.3) is 0 Å². The third-order valence-corrected chi connectivity index (χ3v) is 2.82. The molecular weight excluding hydrogens is 355 g/mol. The van der Waals surface area contributed by atoms with E-state index in [-0.39, 0.29) is 30.0 Å². The number of aliphatic imine (C=N–C) groups is 1. The second-order valence-electron chi connectivity index (χ2n) is 4.73. The first-order chi connectivity index (χ1) is 8.56. The predicted molar refractivity (Wildman–Crippen MR) is 88.8 cm³/mol. The molecule has 0 spiro atoms. The highest BCUT2D eigenvalue weighted by Gasteiger charge is 2.12. The van der Waals surface area contributed by atoms with Crippen molar-refractivity contribution >= 4 is 29.9 Å². The Labute approximate surface area is 132 Å². The lowest BCUT2D eigenvalue weighted by molar-refractivity contribution is 0.372. The van der Waals surface area contributed by atoms with Gasteiger partial charge in [0, 0.05) is 18.0 Å². The molecule has 0 unspecified atom stereocenters. The Hall–Kier alpha value is -0.790. The summed E-state index contributed by atoms with van der Waals surface area (Å²) < 4.78 is 5.26. The molecule has 6 heteroatoms. The van der Waals surface area contributed by atoms with E-state index in [1.807, 2.05) is 19.9 Å². The van der Waals surface area contributed by atoms with Gasteiger partial charge in [-0.1, -0.05) is 19.0 Å². The Morgan fingerprint density at radius 2 is 2.05 bits per heavy atom. The number of nitrogens with one attached hydrogen (secondary N) is 1. The lowest BCUT2D eigenvalue weighted by Crippen LogP contribution is -2.36. The summed E-state index contributed by atoms with van der Waals surface area (Å²) in [6.45, 7) is 8.78. The second kappa shape index (κ2) is 9.17. The summed E-state index contributed by atoms with van der Waals surface area (Å²) in [5, 5.41) is 7.12. The van der Waals surface area contributed by atoms with Gasteiger partial charge in [-0.15, -0.1) is 24.0 Å². The number of hydrogen-bond acceptors (Lipinski definition) is 3. The Morgan fingerprint density at radius 1 is 1.42 bits per heavy atom. The molecule has 0 fully saturated rings. The van der Waals surface area contributed by atoms with Gasteiger partial charge >= 0.3 is 0 Å². The predicted octanol–water partition coefficient (Wildman–Crippen LogP) is 3.01. The van der Waals surface area contributed by atoms with Gasteiger partial charge in [0.25, 0.3) is 0 Å². The number of hydrogen-bond donors (Lipinski definition) is 2. The Bertz CT molecular complexity index is 386. The molecule has 0 radical (unpaired) electrons. The number of nitrogens with two attached hydrogens (primary N) is 1. The Balaban J connectivity index is 0.00000324. The summed E-state index contributed by atoms with van der Waals surface area (Å²) in [6.07, 6.45) is 2.14. The zero-order valence-corrected chi connectivity index (χ0v) is 14.5. The number of rotatable bonds is 6. The molecule has 0 aliphatic carbocycles. The van der Waals surface area contributed by atoms with Crippen molar-refractivity contribution in [3.05, 3.63) is 17.5 Å². The molecule has 110 valence electrons. The van der Waals surface area contributed by atoms with E-state index in [1.165, 1.54) is 0 Å². The molecule has 1 aromatic rings. The highest BCUT2D eigenvalue weighted by Crippen LogP contribution is 2.22. The van der Waals surface area contributed by atoms with Crippen molar-refractivity contribution < 1.29 is 4.52 Å². The third kappa shape index (κ3) is 6.26. The fraction of sp³-hybridized carbons (Fsp3) is 0.692. The Kier molecular flexibility index (Phi) is 8.79. The van der Waals surface area contributed by atoms with Gasteiger partial charge in [0.05, 0.1) is 5.69 Å². The van der Waals surface area contributed by atoms with Crippen LogP contribution in [0.1, 0.15) is 57.9 Å². The van der Waals surface area contributed by atoms with E-state index in [2.05, 4.69) is 29.3 Å². The van der Waals surface area contributed by atoms with Crippen LogP contribution in [0.5, 0.6) is 0 Å². The minimum Gasteiger partial charge on any atom is -0.370 e. The van der Waals surface area contributed by atoms with Crippen molar-refractivity contribution in [2.45, 2.75) is 59.0 Å². The van der Waals surface area contributed by atoms with E-state index < -0.39 is 0 Å². The van der Waals surface area contributed by atoms with E-state index in [1.54, 1.807) is 0 Å². The smallest absolute Gasteiger partial charge is 0.189 e. The van der Waals surface area contributed by atoms with Crippen LogP contribution in [-0.2, 0) is 6.54 Å². The molecule has 0 aromatic carbocycles. The largest absolute Gasteiger partial charge is 0.370 e. The van der Waals surface area contributed by atoms with Gasteiger partial charge in [-0.05, 0) is 26.7 Å². The van der Waals surface area contributed by atoms with Crippen LogP contribution in [0.4, 0.5) is 0 Å². The molecule has 1 heterocycles. The lowest BCUT2D eigenvalue weighted by Gasteiger charge is -2.07. The average molecular weight is 380 g/mol. The van der Waals surface area contributed by atoms with Crippen molar-refractivity contribution in [1.82, 2.24) is 10.5 Å². The van der Waals surface area contributed by atoms with Gasteiger partial charge in [0.15, 0.2) is 11.7 Å². The van der Waals surface area contributed by atoms with Crippen molar-refractivity contribution in [3.8, 4) is 0 Å². The molecule has 5 nitrogen and oxygen atoms in total. The summed E-state index contributed by atoms with van der Waals surface area (Å²) in [5.74, 6) is 1.66. The van der Waals surface area contributed by atoms with E-state index in [9.17, 15) is 0 Å². The summed E-state index contributed by atoms with van der Waals surface area (Å²) in [5.41, 5.74) is 6.73. The van der Waals surface area contributed by atoms with E-state index in [0.717, 1.165) is 24.3 Å². The molecule has 0 bridgehead atoms. The fourth-order valence-corrected chi connectivity index (χ4v) is 1.81. The molecule has 0 aliphatic heterocycles. The molecule has 0 atom stereocenters. The van der Waals surface area contributed by atoms with Crippen LogP contribution in [0, 0.1) is 0 Å². The minimum absolute atomic E-state index is 0. The molecule has 0 saturated heterocycles. The summed E-state index contributed by atoms with van der Waals surface area (Å²) >= 11 is 0. The fourth-order valence-electron chi connectivity index (χ4n) is 1.81.